The van der Waals surface area contributed by atoms with Gasteiger partial charge in [-0.25, -0.2) is 4.98 Å². The molecule has 0 bridgehead atoms. The molecule has 3 N–H and O–H groups in total. The Morgan fingerprint density at radius 2 is 1.94 bits per heavy atom. The molecular formula is C13H11N3O. The van der Waals surface area contributed by atoms with Crippen molar-refractivity contribution in [2.75, 3.05) is 5.73 Å². The molecule has 0 fully saturated rings. The molecule has 3 rings (SSSR count). The van der Waals surface area contributed by atoms with E-state index >= 15 is 0 Å². The van der Waals surface area contributed by atoms with E-state index in [0.29, 0.717) is 5.69 Å². The van der Waals surface area contributed by atoms with Crippen LogP contribution in [-0.2, 0) is 0 Å². The summed E-state index contributed by atoms with van der Waals surface area (Å²) in [7, 11) is 0. The zero-order chi connectivity index (χ0) is 11.8. The molecule has 0 atom stereocenters. The largest absolute Gasteiger partial charge is 0.506 e. The molecule has 0 amide bonds. The van der Waals surface area contributed by atoms with Gasteiger partial charge in [-0.05, 0) is 24.3 Å². The van der Waals surface area contributed by atoms with Gasteiger partial charge in [-0.2, -0.15) is 0 Å². The molecular weight excluding hydrogens is 214 g/mol. The zero-order valence-electron chi connectivity index (χ0n) is 9.04. The number of hydrogen-bond acceptors (Lipinski definition) is 3. The summed E-state index contributed by atoms with van der Waals surface area (Å²) in [5.74, 6) is 0.931. The second-order valence-electron chi connectivity index (χ2n) is 3.85. The van der Waals surface area contributed by atoms with Crippen molar-refractivity contribution >= 4 is 11.2 Å². The summed E-state index contributed by atoms with van der Waals surface area (Å²) in [4.78, 5) is 4.34. The van der Waals surface area contributed by atoms with Crippen molar-refractivity contribution in [3.05, 3.63) is 48.8 Å². The first-order valence-corrected chi connectivity index (χ1v) is 5.26. The molecule has 17 heavy (non-hydrogen) atoms. The van der Waals surface area contributed by atoms with Gasteiger partial charge in [-0.15, -0.1) is 0 Å². The minimum atomic E-state index is 0.200. The van der Waals surface area contributed by atoms with Gasteiger partial charge < -0.3 is 10.8 Å². The molecule has 0 saturated carbocycles. The van der Waals surface area contributed by atoms with Crippen LogP contribution in [0.3, 0.4) is 0 Å². The van der Waals surface area contributed by atoms with Gasteiger partial charge in [-0.1, -0.05) is 12.1 Å². The summed E-state index contributed by atoms with van der Waals surface area (Å²) in [5.41, 5.74) is 8.37. The normalized spacial score (nSPS) is 10.8. The molecule has 4 heteroatoms. The highest BCUT2D eigenvalue weighted by Crippen LogP contribution is 2.26. The summed E-state index contributed by atoms with van der Waals surface area (Å²) in [6.07, 6.45) is 3.38. The molecule has 84 valence electrons. The van der Waals surface area contributed by atoms with Crippen molar-refractivity contribution in [1.82, 2.24) is 9.38 Å². The number of hydrogen-bond donors (Lipinski definition) is 2. The van der Waals surface area contributed by atoms with Crippen LogP contribution in [0.5, 0.6) is 5.75 Å². The van der Waals surface area contributed by atoms with Gasteiger partial charge in [-0.3, -0.25) is 4.40 Å². The quantitative estimate of drug-likeness (QED) is 0.624. The monoisotopic (exact) mass is 225 g/mol. The van der Waals surface area contributed by atoms with Crippen LogP contribution in [0.2, 0.25) is 0 Å². The van der Waals surface area contributed by atoms with Crippen LogP contribution in [0.4, 0.5) is 5.69 Å². The Kier molecular flexibility index (Phi) is 2.01. The fourth-order valence-corrected chi connectivity index (χ4v) is 1.88. The molecule has 0 radical (unpaired) electrons. The number of aromatic nitrogens is 2. The third-order valence-corrected chi connectivity index (χ3v) is 2.71. The smallest absolute Gasteiger partial charge is 0.146 e. The van der Waals surface area contributed by atoms with Crippen LogP contribution in [-0.4, -0.2) is 14.5 Å². The Labute approximate surface area is 98.0 Å². The van der Waals surface area contributed by atoms with Crippen LogP contribution in [0.1, 0.15) is 0 Å². The van der Waals surface area contributed by atoms with E-state index in [2.05, 4.69) is 4.98 Å². The maximum atomic E-state index is 9.51. The number of anilines is 1. The van der Waals surface area contributed by atoms with E-state index in [1.807, 2.05) is 34.7 Å². The van der Waals surface area contributed by atoms with Crippen LogP contribution >= 0.6 is 0 Å². The summed E-state index contributed by atoms with van der Waals surface area (Å²) >= 11 is 0. The van der Waals surface area contributed by atoms with Crippen LogP contribution in [0, 0.1) is 0 Å². The molecule has 0 aliphatic carbocycles. The first-order chi connectivity index (χ1) is 8.25. The van der Waals surface area contributed by atoms with Crippen molar-refractivity contribution in [2.45, 2.75) is 0 Å². The van der Waals surface area contributed by atoms with Crippen LogP contribution in [0.15, 0.2) is 48.8 Å². The van der Waals surface area contributed by atoms with Crippen molar-refractivity contribution in [3.8, 4) is 17.1 Å². The average molecular weight is 225 g/mol. The lowest BCUT2D eigenvalue weighted by atomic mass is 10.2. The lowest BCUT2D eigenvalue weighted by Gasteiger charge is -2.04. The number of aromatic hydroxyl groups is 1. The zero-order valence-corrected chi connectivity index (χ0v) is 9.04. The Balaban J connectivity index is 2.31. The van der Waals surface area contributed by atoms with E-state index in [1.54, 1.807) is 18.5 Å². The third-order valence-electron chi connectivity index (χ3n) is 2.71. The van der Waals surface area contributed by atoms with Gasteiger partial charge in [0.15, 0.2) is 0 Å². The lowest BCUT2D eigenvalue weighted by molar-refractivity contribution is 0.472. The Morgan fingerprint density at radius 1 is 1.12 bits per heavy atom. The molecule has 0 aliphatic rings. The number of fused-ring (bicyclic) bond motifs is 1. The van der Waals surface area contributed by atoms with Gasteiger partial charge in [0, 0.05) is 11.3 Å². The van der Waals surface area contributed by atoms with Gasteiger partial charge in [0.25, 0.3) is 0 Å². The molecule has 0 unspecified atom stereocenters. The minimum Gasteiger partial charge on any atom is -0.506 e. The second kappa shape index (κ2) is 3.52. The van der Waals surface area contributed by atoms with E-state index in [4.69, 9.17) is 5.73 Å². The average Bonchev–Trinajstić information content (AvgIpc) is 2.72. The first-order valence-electron chi connectivity index (χ1n) is 5.26. The fourth-order valence-electron chi connectivity index (χ4n) is 1.88. The molecule has 0 spiro atoms. The Bertz CT molecular complexity index is 688. The van der Waals surface area contributed by atoms with Crippen molar-refractivity contribution in [3.63, 3.8) is 0 Å². The molecule has 0 saturated heterocycles. The van der Waals surface area contributed by atoms with Crippen molar-refractivity contribution in [2.24, 2.45) is 0 Å². The number of rotatable bonds is 1. The van der Waals surface area contributed by atoms with Gasteiger partial charge in [0.05, 0.1) is 17.9 Å². The van der Waals surface area contributed by atoms with Crippen LogP contribution < -0.4 is 5.73 Å². The van der Waals surface area contributed by atoms with Crippen molar-refractivity contribution in [1.29, 1.82) is 0 Å². The number of nitrogen functional groups attached to an aromatic ring is 1. The van der Waals surface area contributed by atoms with E-state index in [0.717, 1.165) is 16.9 Å². The number of nitrogens with zero attached hydrogens (tertiary/aromatic N) is 2. The lowest BCUT2D eigenvalue weighted by Crippen LogP contribution is -1.94. The number of benzene rings is 1. The first kappa shape index (κ1) is 9.72. The molecule has 3 aromatic rings. The number of para-hydroxylation sites is 1. The SMILES string of the molecule is Nc1ccccc1-c1ncc2ccc(O)cn12. The molecule has 4 nitrogen and oxygen atoms in total. The highest BCUT2D eigenvalue weighted by atomic mass is 16.3. The fraction of sp³-hybridized carbons (Fsp3) is 0. The third kappa shape index (κ3) is 1.50. The number of nitrogens with two attached hydrogens (primary N) is 1. The predicted octanol–water partition coefficient (Wildman–Crippen LogP) is 2.29. The highest BCUT2D eigenvalue weighted by molar-refractivity contribution is 5.74. The maximum absolute atomic E-state index is 9.51. The van der Waals surface area contributed by atoms with Gasteiger partial charge in [0.1, 0.15) is 11.6 Å². The van der Waals surface area contributed by atoms with E-state index in [1.165, 1.54) is 0 Å². The molecule has 0 aliphatic heterocycles. The van der Waals surface area contributed by atoms with E-state index < -0.39 is 0 Å². The number of imidazole rings is 1. The van der Waals surface area contributed by atoms with Crippen LogP contribution in [0.25, 0.3) is 16.9 Å². The Hall–Kier alpha value is -2.49. The minimum absolute atomic E-state index is 0.200. The summed E-state index contributed by atoms with van der Waals surface area (Å²) in [6, 6.07) is 11.0. The Morgan fingerprint density at radius 3 is 2.76 bits per heavy atom. The highest BCUT2D eigenvalue weighted by Gasteiger charge is 2.08. The number of pyridine rings is 1. The predicted molar refractivity (Wildman–Crippen MR) is 66.7 cm³/mol. The molecule has 2 aromatic heterocycles. The summed E-state index contributed by atoms with van der Waals surface area (Å²) in [6.45, 7) is 0. The molecule has 1 aromatic carbocycles. The van der Waals surface area contributed by atoms with E-state index in [-0.39, 0.29) is 5.75 Å². The second-order valence-corrected chi connectivity index (χ2v) is 3.85. The maximum Gasteiger partial charge on any atom is 0.146 e. The topological polar surface area (TPSA) is 63.5 Å². The van der Waals surface area contributed by atoms with Gasteiger partial charge in [0.2, 0.25) is 0 Å². The standard InChI is InChI=1S/C13H11N3O/c14-12-4-2-1-3-11(12)13-15-7-9-5-6-10(17)8-16(9)13/h1-8,17H,14H2. The van der Waals surface area contributed by atoms with Crippen molar-refractivity contribution < 1.29 is 5.11 Å². The summed E-state index contributed by atoms with van der Waals surface area (Å²) in [5, 5.41) is 9.51. The van der Waals surface area contributed by atoms with E-state index in [9.17, 15) is 5.11 Å². The summed E-state index contributed by atoms with van der Waals surface area (Å²) < 4.78 is 1.82. The molecule has 2 heterocycles. The van der Waals surface area contributed by atoms with Gasteiger partial charge >= 0.3 is 0 Å².